The first-order chi connectivity index (χ1) is 20.2. The van der Waals surface area contributed by atoms with Crippen LogP contribution in [0.1, 0.15) is 76.5 Å². The van der Waals surface area contributed by atoms with Crippen molar-refractivity contribution in [1.82, 2.24) is 14.9 Å². The molecule has 9 nitrogen and oxygen atoms in total. The van der Waals surface area contributed by atoms with Gasteiger partial charge in [-0.2, -0.15) is 4.98 Å². The number of sulfonamides is 1. The Kier molecular flexibility index (Phi) is 8.44. The van der Waals surface area contributed by atoms with Gasteiger partial charge in [0, 0.05) is 18.2 Å². The largest absolute Gasteiger partial charge is 0.472 e. The number of nitrogens with zero attached hydrogens (tertiary/aromatic N) is 3. The number of rotatable bonds is 3. The maximum atomic E-state index is 13.7. The number of hydrogen-bond acceptors (Lipinski definition) is 7. The van der Waals surface area contributed by atoms with E-state index in [2.05, 4.69) is 28.5 Å². The van der Waals surface area contributed by atoms with Crippen LogP contribution >= 0.6 is 0 Å². The summed E-state index contributed by atoms with van der Waals surface area (Å²) in [6, 6.07) is 14.4. The molecule has 0 radical (unpaired) electrons. The monoisotopic (exact) mass is 606 g/mol. The van der Waals surface area contributed by atoms with Crippen molar-refractivity contribution in [2.75, 3.05) is 11.3 Å². The molecule has 2 aromatic carbocycles. The van der Waals surface area contributed by atoms with Gasteiger partial charge in [0.05, 0.1) is 16.6 Å². The standard InChI is InChI=1S/C33H42N4O5S/c1-20(2)16-27-28-18-24(14-15-37(27)32(38)42-33(5,6)7)23-12-9-13-25(17-23)43(39,40)36-31-34-26(19-29(35-31)41-28)30-21(3)10-8-11-22(30)4/h8-13,17,19-20,24,27-28H,14-16,18H2,1-7H3,(H,34,35,36)/t24?,27-,28+/m1/s1. The number of fused-ring (bicyclic) bond motifs is 7. The zero-order valence-corrected chi connectivity index (χ0v) is 26.9. The van der Waals surface area contributed by atoms with Crippen LogP contribution in [0.15, 0.2) is 53.4 Å². The molecule has 1 saturated heterocycles. The molecule has 0 spiro atoms. The molecule has 1 N–H and O–H groups in total. The van der Waals surface area contributed by atoms with Gasteiger partial charge in [-0.15, -0.1) is 0 Å². The topological polar surface area (TPSA) is 111 Å². The minimum absolute atomic E-state index is 0.0546. The Morgan fingerprint density at radius 3 is 2.47 bits per heavy atom. The van der Waals surface area contributed by atoms with Crippen LogP contribution < -0.4 is 9.46 Å². The van der Waals surface area contributed by atoms with E-state index in [0.717, 1.165) is 22.3 Å². The van der Waals surface area contributed by atoms with E-state index >= 15 is 0 Å². The van der Waals surface area contributed by atoms with Gasteiger partial charge >= 0.3 is 6.09 Å². The summed E-state index contributed by atoms with van der Waals surface area (Å²) in [5, 5.41) is 0. The molecule has 230 valence electrons. The van der Waals surface area contributed by atoms with Crippen molar-refractivity contribution in [3.8, 4) is 17.1 Å². The molecular formula is C33H42N4O5S. The Morgan fingerprint density at radius 2 is 1.79 bits per heavy atom. The number of amides is 1. The number of anilines is 1. The molecule has 0 saturated carbocycles. The fraction of sp³-hybridized carbons (Fsp3) is 0.485. The molecule has 0 aliphatic carbocycles. The Balaban J connectivity index is 1.69. The molecule has 3 heterocycles. The molecule has 3 atom stereocenters. The maximum absolute atomic E-state index is 13.7. The zero-order chi connectivity index (χ0) is 31.1. The zero-order valence-electron chi connectivity index (χ0n) is 26.0. The molecule has 6 bridgehead atoms. The predicted octanol–water partition coefficient (Wildman–Crippen LogP) is 6.85. The Bertz CT molecular complexity index is 1600. The van der Waals surface area contributed by atoms with E-state index in [9.17, 15) is 13.2 Å². The lowest BCUT2D eigenvalue weighted by atomic mass is 9.88. The van der Waals surface area contributed by atoms with Crippen LogP contribution in [-0.4, -0.2) is 53.7 Å². The van der Waals surface area contributed by atoms with Crippen molar-refractivity contribution >= 4 is 22.1 Å². The summed E-state index contributed by atoms with van der Waals surface area (Å²) in [6.45, 7) is 14.3. The predicted molar refractivity (Wildman–Crippen MR) is 167 cm³/mol. The van der Waals surface area contributed by atoms with Gasteiger partial charge in [-0.05, 0) is 94.5 Å². The van der Waals surface area contributed by atoms with Crippen molar-refractivity contribution < 1.29 is 22.7 Å². The van der Waals surface area contributed by atoms with Crippen LogP contribution in [0.2, 0.25) is 0 Å². The number of aryl methyl sites for hydroxylation is 2. The van der Waals surface area contributed by atoms with Crippen LogP contribution in [0.3, 0.4) is 0 Å². The van der Waals surface area contributed by atoms with E-state index in [0.29, 0.717) is 31.5 Å². The van der Waals surface area contributed by atoms with Gasteiger partial charge in [0.25, 0.3) is 10.0 Å². The van der Waals surface area contributed by atoms with Gasteiger partial charge in [0.15, 0.2) is 0 Å². The van der Waals surface area contributed by atoms with Crippen LogP contribution in [0.25, 0.3) is 11.3 Å². The minimum Gasteiger partial charge on any atom is -0.472 e. The van der Waals surface area contributed by atoms with Crippen molar-refractivity contribution in [2.45, 2.75) is 96.3 Å². The average Bonchev–Trinajstić information content (AvgIpc) is 3.06. The Labute approximate surface area is 255 Å². The van der Waals surface area contributed by atoms with E-state index in [1.54, 1.807) is 24.3 Å². The molecule has 5 rings (SSSR count). The summed E-state index contributed by atoms with van der Waals surface area (Å²) in [6.07, 6.45) is 1.09. The smallest absolute Gasteiger partial charge is 0.410 e. The fourth-order valence-corrected chi connectivity index (χ4v) is 7.10. The van der Waals surface area contributed by atoms with Gasteiger partial charge in [-0.3, -0.25) is 0 Å². The second-order valence-electron chi connectivity index (χ2n) is 13.1. The molecule has 2 aliphatic heterocycles. The van der Waals surface area contributed by atoms with Crippen molar-refractivity contribution in [3.05, 3.63) is 65.2 Å². The molecular weight excluding hydrogens is 564 g/mol. The first-order valence-corrected chi connectivity index (χ1v) is 16.4. The second-order valence-corrected chi connectivity index (χ2v) is 14.8. The van der Waals surface area contributed by atoms with E-state index in [4.69, 9.17) is 9.47 Å². The lowest BCUT2D eigenvalue weighted by molar-refractivity contribution is -0.00203. The van der Waals surface area contributed by atoms with Crippen molar-refractivity contribution in [3.63, 3.8) is 0 Å². The van der Waals surface area contributed by atoms with Crippen LogP contribution in [-0.2, 0) is 14.8 Å². The van der Waals surface area contributed by atoms with E-state index in [1.807, 2.05) is 63.8 Å². The summed E-state index contributed by atoms with van der Waals surface area (Å²) in [5.74, 6) is 0.396. The molecule has 1 unspecified atom stereocenters. The highest BCUT2D eigenvalue weighted by atomic mass is 32.2. The first kappa shape index (κ1) is 30.8. The maximum Gasteiger partial charge on any atom is 0.410 e. The number of ether oxygens (including phenoxy) is 2. The molecule has 1 fully saturated rings. The van der Waals surface area contributed by atoms with Crippen molar-refractivity contribution in [2.24, 2.45) is 5.92 Å². The third-order valence-electron chi connectivity index (χ3n) is 7.98. The van der Waals surface area contributed by atoms with E-state index in [1.165, 1.54) is 0 Å². The normalized spacial score (nSPS) is 21.5. The Hall–Kier alpha value is -3.66. The third-order valence-corrected chi connectivity index (χ3v) is 9.31. The van der Waals surface area contributed by atoms with Gasteiger partial charge in [0.2, 0.25) is 11.8 Å². The SMILES string of the molecule is Cc1cccc(C)c1-c1cc2nc(n1)NS(=O)(=O)c1cccc(c1)C1CCN(C(=O)OC(C)(C)C)[C@H](CC(C)C)[C@H](C1)O2. The molecule has 2 aliphatic rings. The number of carbonyl (C=O) groups excluding carboxylic acids is 1. The molecule has 1 aromatic heterocycles. The van der Waals surface area contributed by atoms with E-state index < -0.39 is 21.7 Å². The first-order valence-electron chi connectivity index (χ1n) is 14.9. The lowest BCUT2D eigenvalue weighted by Gasteiger charge is -2.37. The summed E-state index contributed by atoms with van der Waals surface area (Å²) >= 11 is 0. The molecule has 10 heteroatoms. The summed E-state index contributed by atoms with van der Waals surface area (Å²) in [5.41, 5.74) is 3.66. The highest BCUT2D eigenvalue weighted by molar-refractivity contribution is 7.92. The number of aromatic nitrogens is 2. The number of nitrogens with one attached hydrogen (secondary N) is 1. The third kappa shape index (κ3) is 6.95. The van der Waals surface area contributed by atoms with E-state index in [-0.39, 0.29) is 40.7 Å². The summed E-state index contributed by atoms with van der Waals surface area (Å²) < 4.78 is 42.3. The number of carbonyl (C=O) groups is 1. The average molecular weight is 607 g/mol. The Morgan fingerprint density at radius 1 is 1.09 bits per heavy atom. The number of benzene rings is 2. The second kappa shape index (κ2) is 11.8. The van der Waals surface area contributed by atoms with Gasteiger partial charge < -0.3 is 14.4 Å². The van der Waals surface area contributed by atoms with Crippen LogP contribution in [0, 0.1) is 19.8 Å². The summed E-state index contributed by atoms with van der Waals surface area (Å²) in [7, 11) is -3.99. The molecule has 1 amide bonds. The fourth-order valence-electron chi connectivity index (χ4n) is 6.10. The quantitative estimate of drug-likeness (QED) is 0.347. The van der Waals surface area contributed by atoms with Crippen molar-refractivity contribution in [1.29, 1.82) is 0 Å². The molecule has 43 heavy (non-hydrogen) atoms. The van der Waals surface area contributed by atoms with Gasteiger partial charge in [-0.25, -0.2) is 22.9 Å². The number of likely N-dealkylation sites (tertiary alicyclic amines) is 1. The highest BCUT2D eigenvalue weighted by Crippen LogP contribution is 2.38. The van der Waals surface area contributed by atoms with Gasteiger partial charge in [0.1, 0.15) is 11.7 Å². The van der Waals surface area contributed by atoms with Crippen LogP contribution in [0.4, 0.5) is 10.7 Å². The minimum atomic E-state index is -3.99. The molecule has 3 aromatic rings. The summed E-state index contributed by atoms with van der Waals surface area (Å²) in [4.78, 5) is 24.8. The van der Waals surface area contributed by atoms with Crippen LogP contribution in [0.5, 0.6) is 5.88 Å². The van der Waals surface area contributed by atoms with Gasteiger partial charge in [-0.1, -0.05) is 44.2 Å². The lowest BCUT2D eigenvalue weighted by Crippen LogP contribution is -2.50. The number of hydrogen-bond donors (Lipinski definition) is 1. The highest BCUT2D eigenvalue weighted by Gasteiger charge is 2.40.